The standard InChI is InChI=1S/C33H40N4O6/c1-3-4-14-37(25-10-7-8-22(15-25)18-34)30(38)20-36-19-26(23-16-28(41-2)32-29(17-23)42-21-43-32)31(33(39)40)27(36)12-11-24-9-5-6-13-35-24/h5-10,13,15-17,26-27,31H,3-4,11-12,14,18-21,34H2,1-2H3,(H,39,40)/t26-,27+,31?/m1/s1. The van der Waals surface area contributed by atoms with Crippen molar-refractivity contribution < 1.29 is 28.9 Å². The number of aryl methyl sites for hydroxylation is 1. The van der Waals surface area contributed by atoms with Crippen LogP contribution < -0.4 is 24.8 Å². The summed E-state index contributed by atoms with van der Waals surface area (Å²) < 4.78 is 16.8. The van der Waals surface area contributed by atoms with E-state index in [0.717, 1.165) is 35.3 Å². The summed E-state index contributed by atoms with van der Waals surface area (Å²) in [5, 5.41) is 10.6. The average Bonchev–Trinajstić information content (AvgIpc) is 3.65. The number of nitrogens with zero attached hydrogens (tertiary/aromatic N) is 3. The molecule has 2 aliphatic heterocycles. The SMILES string of the molecule is CCCCN(C(=O)CN1C[C@H](c2cc(OC)c3c(c2)OCO3)C(C(=O)O)[C@@H]1CCc1ccccn1)c1cccc(CN)c1. The summed E-state index contributed by atoms with van der Waals surface area (Å²) in [7, 11) is 1.55. The van der Waals surface area contributed by atoms with Gasteiger partial charge in [-0.25, -0.2) is 0 Å². The van der Waals surface area contributed by atoms with E-state index in [9.17, 15) is 14.7 Å². The Bertz CT molecular complexity index is 1420. The molecule has 10 nitrogen and oxygen atoms in total. The molecule has 2 aliphatic rings. The van der Waals surface area contributed by atoms with Crippen LogP contribution in [-0.4, -0.2) is 66.4 Å². The molecule has 1 fully saturated rings. The number of rotatable bonds is 13. The zero-order chi connectivity index (χ0) is 30.3. The second-order valence-electron chi connectivity index (χ2n) is 11.1. The van der Waals surface area contributed by atoms with Crippen molar-refractivity contribution in [2.75, 3.05) is 38.4 Å². The highest BCUT2D eigenvalue weighted by Crippen LogP contribution is 2.47. The largest absolute Gasteiger partial charge is 0.493 e. The number of ether oxygens (including phenoxy) is 3. The number of carboxylic acids is 1. The number of nitrogens with two attached hydrogens (primary N) is 1. The second-order valence-corrected chi connectivity index (χ2v) is 11.1. The zero-order valence-corrected chi connectivity index (χ0v) is 24.8. The minimum atomic E-state index is -0.902. The van der Waals surface area contributed by atoms with Gasteiger partial charge in [0.05, 0.1) is 19.6 Å². The van der Waals surface area contributed by atoms with Crippen LogP contribution in [-0.2, 0) is 22.6 Å². The van der Waals surface area contributed by atoms with Gasteiger partial charge in [-0.1, -0.05) is 31.5 Å². The molecule has 5 rings (SSSR count). The third-order valence-corrected chi connectivity index (χ3v) is 8.40. The number of hydrogen-bond acceptors (Lipinski definition) is 8. The van der Waals surface area contributed by atoms with E-state index in [1.807, 2.05) is 64.4 Å². The van der Waals surface area contributed by atoms with E-state index in [1.54, 1.807) is 13.3 Å². The Labute approximate surface area is 252 Å². The predicted octanol–water partition coefficient (Wildman–Crippen LogP) is 4.21. The van der Waals surface area contributed by atoms with Crippen LogP contribution in [0.25, 0.3) is 0 Å². The molecule has 1 saturated heterocycles. The first-order valence-electron chi connectivity index (χ1n) is 14.9. The highest BCUT2D eigenvalue weighted by atomic mass is 16.7. The number of pyridine rings is 1. The van der Waals surface area contributed by atoms with E-state index in [4.69, 9.17) is 19.9 Å². The molecule has 10 heteroatoms. The average molecular weight is 589 g/mol. The van der Waals surface area contributed by atoms with Crippen LogP contribution in [0.2, 0.25) is 0 Å². The first kappa shape index (κ1) is 30.3. The Balaban J connectivity index is 1.47. The minimum absolute atomic E-state index is 0.0708. The Kier molecular flexibility index (Phi) is 9.79. The van der Waals surface area contributed by atoms with Gasteiger partial charge in [-0.15, -0.1) is 0 Å². The number of carbonyl (C=O) groups excluding carboxylic acids is 1. The van der Waals surface area contributed by atoms with Crippen molar-refractivity contribution in [3.05, 3.63) is 77.6 Å². The summed E-state index contributed by atoms with van der Waals surface area (Å²) >= 11 is 0. The maximum atomic E-state index is 14.0. The van der Waals surface area contributed by atoms with Gasteiger partial charge in [0.25, 0.3) is 0 Å². The van der Waals surface area contributed by atoms with Crippen molar-refractivity contribution in [3.63, 3.8) is 0 Å². The van der Waals surface area contributed by atoms with Crippen molar-refractivity contribution >= 4 is 17.6 Å². The number of benzene rings is 2. The van der Waals surface area contributed by atoms with E-state index in [1.165, 1.54) is 0 Å². The summed E-state index contributed by atoms with van der Waals surface area (Å²) in [6.45, 7) is 3.60. The van der Waals surface area contributed by atoms with Gasteiger partial charge in [-0.05, 0) is 66.8 Å². The maximum absolute atomic E-state index is 14.0. The number of carboxylic acid groups (broad SMARTS) is 1. The number of methoxy groups -OCH3 is 1. The molecule has 3 N–H and O–H groups in total. The monoisotopic (exact) mass is 588 g/mol. The van der Waals surface area contributed by atoms with Gasteiger partial charge in [0.2, 0.25) is 18.4 Å². The molecule has 0 saturated carbocycles. The van der Waals surface area contributed by atoms with Gasteiger partial charge in [-0.2, -0.15) is 0 Å². The molecule has 1 unspecified atom stereocenters. The molecule has 0 aliphatic carbocycles. The molecule has 3 aromatic rings. The summed E-state index contributed by atoms with van der Waals surface area (Å²) in [5.74, 6) is -0.582. The lowest BCUT2D eigenvalue weighted by atomic mass is 9.83. The number of carbonyl (C=O) groups is 2. The Morgan fingerprint density at radius 2 is 2.02 bits per heavy atom. The van der Waals surface area contributed by atoms with Crippen LogP contribution in [0, 0.1) is 5.92 Å². The number of fused-ring (bicyclic) bond motifs is 1. The van der Waals surface area contributed by atoms with Gasteiger partial charge < -0.3 is 30.0 Å². The third kappa shape index (κ3) is 6.76. The molecular formula is C33H40N4O6. The Morgan fingerprint density at radius 3 is 2.74 bits per heavy atom. The van der Waals surface area contributed by atoms with E-state index >= 15 is 0 Å². The topological polar surface area (TPSA) is 127 Å². The molecule has 3 heterocycles. The zero-order valence-electron chi connectivity index (χ0n) is 24.8. The predicted molar refractivity (Wildman–Crippen MR) is 162 cm³/mol. The van der Waals surface area contributed by atoms with Crippen LogP contribution in [0.15, 0.2) is 60.8 Å². The van der Waals surface area contributed by atoms with E-state index in [-0.39, 0.29) is 19.2 Å². The van der Waals surface area contributed by atoms with Crippen molar-refractivity contribution in [2.24, 2.45) is 11.7 Å². The molecule has 1 amide bonds. The fourth-order valence-electron chi connectivity index (χ4n) is 6.22. The fraction of sp³-hybridized carbons (Fsp3) is 0.424. The quantitative estimate of drug-likeness (QED) is 0.302. The van der Waals surface area contributed by atoms with Gasteiger partial charge >= 0.3 is 5.97 Å². The number of aromatic nitrogens is 1. The smallest absolute Gasteiger partial charge is 0.308 e. The molecule has 1 aromatic heterocycles. The molecule has 2 aromatic carbocycles. The fourth-order valence-corrected chi connectivity index (χ4v) is 6.22. The van der Waals surface area contributed by atoms with Gasteiger partial charge in [0, 0.05) is 49.2 Å². The van der Waals surface area contributed by atoms with Crippen LogP contribution in [0.5, 0.6) is 17.2 Å². The molecule has 228 valence electrons. The number of unbranched alkanes of at least 4 members (excludes halogenated alkanes) is 1. The normalized spacial score (nSPS) is 19.4. The van der Waals surface area contributed by atoms with E-state index in [0.29, 0.717) is 49.7 Å². The number of amides is 1. The second kappa shape index (κ2) is 13.9. The molecule has 3 atom stereocenters. The van der Waals surface area contributed by atoms with Crippen molar-refractivity contribution in [2.45, 2.75) is 51.1 Å². The number of aliphatic carboxylic acids is 1. The third-order valence-electron chi connectivity index (χ3n) is 8.40. The maximum Gasteiger partial charge on any atom is 0.308 e. The van der Waals surface area contributed by atoms with Gasteiger partial charge in [0.1, 0.15) is 0 Å². The van der Waals surface area contributed by atoms with E-state index in [2.05, 4.69) is 11.9 Å². The lowest BCUT2D eigenvalue weighted by molar-refractivity contribution is -0.143. The van der Waals surface area contributed by atoms with Crippen molar-refractivity contribution in [1.29, 1.82) is 0 Å². The minimum Gasteiger partial charge on any atom is -0.493 e. The highest BCUT2D eigenvalue weighted by Gasteiger charge is 2.47. The van der Waals surface area contributed by atoms with Gasteiger partial charge in [0.15, 0.2) is 11.5 Å². The summed E-state index contributed by atoms with van der Waals surface area (Å²) in [6.07, 6.45) is 4.65. The molecule has 0 bridgehead atoms. The molecular weight excluding hydrogens is 548 g/mol. The molecule has 43 heavy (non-hydrogen) atoms. The van der Waals surface area contributed by atoms with Crippen molar-refractivity contribution in [3.8, 4) is 17.2 Å². The first-order chi connectivity index (χ1) is 20.9. The Morgan fingerprint density at radius 1 is 1.16 bits per heavy atom. The summed E-state index contributed by atoms with van der Waals surface area (Å²) in [4.78, 5) is 35.3. The lowest BCUT2D eigenvalue weighted by Crippen LogP contribution is -2.44. The number of likely N-dealkylation sites (tertiary alicyclic amines) is 1. The highest BCUT2D eigenvalue weighted by molar-refractivity contribution is 5.95. The van der Waals surface area contributed by atoms with Crippen LogP contribution >= 0.6 is 0 Å². The van der Waals surface area contributed by atoms with Crippen LogP contribution in [0.3, 0.4) is 0 Å². The van der Waals surface area contributed by atoms with Crippen molar-refractivity contribution in [1.82, 2.24) is 9.88 Å². The number of anilines is 1. The summed E-state index contributed by atoms with van der Waals surface area (Å²) in [5.41, 5.74) is 9.31. The van der Waals surface area contributed by atoms with Gasteiger partial charge in [-0.3, -0.25) is 19.5 Å². The Hall–Kier alpha value is -4.15. The van der Waals surface area contributed by atoms with Crippen LogP contribution in [0.1, 0.15) is 48.9 Å². The van der Waals surface area contributed by atoms with E-state index < -0.39 is 23.8 Å². The molecule has 0 spiro atoms. The lowest BCUT2D eigenvalue weighted by Gasteiger charge is -2.30. The molecule has 0 radical (unpaired) electrons. The van der Waals surface area contributed by atoms with Crippen LogP contribution in [0.4, 0.5) is 5.69 Å². The first-order valence-corrected chi connectivity index (χ1v) is 14.9. The number of hydrogen-bond donors (Lipinski definition) is 2. The summed E-state index contributed by atoms with van der Waals surface area (Å²) in [6, 6.07) is 16.8.